The highest BCUT2D eigenvalue weighted by Crippen LogP contribution is 2.20. The number of hydrogen-bond donors (Lipinski definition) is 0. The molecular formula is C18H14O3. The molecule has 3 heteroatoms. The fourth-order valence-corrected chi connectivity index (χ4v) is 2.21. The number of fused-ring (bicyclic) bond motifs is 1. The summed E-state index contributed by atoms with van der Waals surface area (Å²) >= 11 is 0. The molecule has 1 aromatic heterocycles. The number of para-hydroxylation sites is 1. The first-order chi connectivity index (χ1) is 10.3. The summed E-state index contributed by atoms with van der Waals surface area (Å²) in [5.74, 6) is 1.29. The van der Waals surface area contributed by atoms with Gasteiger partial charge < -0.3 is 9.15 Å². The van der Waals surface area contributed by atoms with Crippen molar-refractivity contribution in [2.24, 2.45) is 0 Å². The van der Waals surface area contributed by atoms with Gasteiger partial charge in [0.1, 0.15) is 11.5 Å². The molecule has 0 bridgehead atoms. The van der Waals surface area contributed by atoms with Crippen LogP contribution in [-0.2, 0) is 0 Å². The summed E-state index contributed by atoms with van der Waals surface area (Å²) < 4.78 is 10.6. The van der Waals surface area contributed by atoms with E-state index in [4.69, 9.17) is 9.15 Å². The lowest BCUT2D eigenvalue weighted by Gasteiger charge is -2.03. The maximum atomic E-state index is 11.9. The van der Waals surface area contributed by atoms with E-state index >= 15 is 0 Å². The van der Waals surface area contributed by atoms with Crippen molar-refractivity contribution in [2.45, 2.75) is 0 Å². The lowest BCUT2D eigenvalue weighted by atomic mass is 10.1. The molecular weight excluding hydrogens is 264 g/mol. The lowest BCUT2D eigenvalue weighted by Crippen LogP contribution is -1.99. The zero-order valence-electron chi connectivity index (χ0n) is 11.6. The van der Waals surface area contributed by atoms with E-state index in [2.05, 4.69) is 0 Å². The standard InChI is InChI=1S/C18H14O3/c1-20-17-9-5-3-6-13(17)10-11-15-12-14-7-2-4-8-16(14)18(19)21-15/h2-12H,1H3/b11-10+. The summed E-state index contributed by atoms with van der Waals surface area (Å²) in [6.07, 6.45) is 3.64. The minimum absolute atomic E-state index is 0.326. The van der Waals surface area contributed by atoms with Crippen LogP contribution in [0.15, 0.2) is 63.8 Å². The van der Waals surface area contributed by atoms with E-state index in [0.717, 1.165) is 16.7 Å². The van der Waals surface area contributed by atoms with Crippen LogP contribution in [0.5, 0.6) is 5.75 Å². The monoisotopic (exact) mass is 278 g/mol. The van der Waals surface area contributed by atoms with Crippen molar-refractivity contribution < 1.29 is 9.15 Å². The van der Waals surface area contributed by atoms with Crippen molar-refractivity contribution in [3.8, 4) is 5.75 Å². The van der Waals surface area contributed by atoms with E-state index in [1.54, 1.807) is 19.3 Å². The molecule has 21 heavy (non-hydrogen) atoms. The zero-order valence-corrected chi connectivity index (χ0v) is 11.6. The van der Waals surface area contributed by atoms with Crippen LogP contribution in [0.3, 0.4) is 0 Å². The Bertz CT molecular complexity index is 859. The number of methoxy groups -OCH3 is 1. The van der Waals surface area contributed by atoms with Gasteiger partial charge in [0.05, 0.1) is 12.5 Å². The normalized spacial score (nSPS) is 11.1. The highest BCUT2D eigenvalue weighted by molar-refractivity contribution is 5.83. The predicted molar refractivity (Wildman–Crippen MR) is 84.4 cm³/mol. The first kappa shape index (κ1) is 13.2. The van der Waals surface area contributed by atoms with Crippen LogP contribution in [0, 0.1) is 0 Å². The Labute approximate surface area is 122 Å². The quantitative estimate of drug-likeness (QED) is 0.727. The SMILES string of the molecule is COc1ccccc1/C=C/c1cc2ccccc2c(=O)o1. The van der Waals surface area contributed by atoms with Gasteiger partial charge in [-0.2, -0.15) is 0 Å². The van der Waals surface area contributed by atoms with Crippen molar-refractivity contribution in [3.05, 3.63) is 76.3 Å². The molecule has 0 atom stereocenters. The third-order valence-corrected chi connectivity index (χ3v) is 3.26. The summed E-state index contributed by atoms with van der Waals surface area (Å²) in [4.78, 5) is 11.9. The summed E-state index contributed by atoms with van der Waals surface area (Å²) in [7, 11) is 1.63. The van der Waals surface area contributed by atoms with E-state index in [9.17, 15) is 4.79 Å². The summed E-state index contributed by atoms with van der Waals surface area (Å²) in [6, 6.07) is 16.9. The highest BCUT2D eigenvalue weighted by atomic mass is 16.5. The molecule has 0 spiro atoms. The molecule has 0 fully saturated rings. The van der Waals surface area contributed by atoms with Crippen LogP contribution in [0.1, 0.15) is 11.3 Å². The van der Waals surface area contributed by atoms with Crippen molar-refractivity contribution in [3.63, 3.8) is 0 Å². The van der Waals surface area contributed by atoms with E-state index in [0.29, 0.717) is 11.1 Å². The average molecular weight is 278 g/mol. The Morgan fingerprint density at radius 2 is 1.76 bits per heavy atom. The van der Waals surface area contributed by atoms with E-state index in [-0.39, 0.29) is 5.63 Å². The van der Waals surface area contributed by atoms with Crippen molar-refractivity contribution in [2.75, 3.05) is 7.11 Å². The Morgan fingerprint density at radius 3 is 2.62 bits per heavy atom. The molecule has 0 saturated heterocycles. The van der Waals surface area contributed by atoms with Gasteiger partial charge in [-0.15, -0.1) is 0 Å². The molecule has 0 aliphatic rings. The molecule has 0 aliphatic heterocycles. The van der Waals surface area contributed by atoms with E-state index in [1.807, 2.05) is 54.6 Å². The minimum atomic E-state index is -0.326. The predicted octanol–water partition coefficient (Wildman–Crippen LogP) is 3.97. The Hall–Kier alpha value is -2.81. The molecule has 0 amide bonds. The average Bonchev–Trinajstić information content (AvgIpc) is 2.53. The van der Waals surface area contributed by atoms with Crippen molar-refractivity contribution in [1.29, 1.82) is 0 Å². The van der Waals surface area contributed by atoms with Crippen molar-refractivity contribution in [1.82, 2.24) is 0 Å². The molecule has 0 aliphatic carbocycles. The maximum Gasteiger partial charge on any atom is 0.344 e. The summed E-state index contributed by atoms with van der Waals surface area (Å²) in [6.45, 7) is 0. The second kappa shape index (κ2) is 5.67. The molecule has 3 nitrogen and oxygen atoms in total. The van der Waals surface area contributed by atoms with Gasteiger partial charge >= 0.3 is 5.63 Å². The fourth-order valence-electron chi connectivity index (χ4n) is 2.21. The lowest BCUT2D eigenvalue weighted by molar-refractivity contribution is 0.414. The first-order valence-corrected chi connectivity index (χ1v) is 6.62. The van der Waals surface area contributed by atoms with Crippen molar-refractivity contribution >= 4 is 22.9 Å². The molecule has 0 radical (unpaired) electrons. The second-order valence-electron chi connectivity index (χ2n) is 4.60. The Kier molecular flexibility index (Phi) is 3.56. The van der Waals surface area contributed by atoms with Crippen LogP contribution in [-0.4, -0.2) is 7.11 Å². The van der Waals surface area contributed by atoms with Gasteiger partial charge in [0.2, 0.25) is 0 Å². The second-order valence-corrected chi connectivity index (χ2v) is 4.60. The molecule has 104 valence electrons. The molecule has 3 aromatic rings. The van der Waals surface area contributed by atoms with Crippen LogP contribution < -0.4 is 10.4 Å². The van der Waals surface area contributed by atoms with Gasteiger partial charge in [-0.1, -0.05) is 36.4 Å². The number of ether oxygens (including phenoxy) is 1. The van der Waals surface area contributed by atoms with Gasteiger partial charge in [0.15, 0.2) is 0 Å². The molecule has 1 heterocycles. The number of rotatable bonds is 3. The van der Waals surface area contributed by atoms with Gasteiger partial charge in [-0.05, 0) is 35.7 Å². The van der Waals surface area contributed by atoms with Gasteiger partial charge in [0, 0.05) is 5.56 Å². The smallest absolute Gasteiger partial charge is 0.344 e. The van der Waals surface area contributed by atoms with Gasteiger partial charge in [0.25, 0.3) is 0 Å². The maximum absolute atomic E-state index is 11.9. The zero-order chi connectivity index (χ0) is 14.7. The van der Waals surface area contributed by atoms with Crippen LogP contribution in [0.2, 0.25) is 0 Å². The molecule has 3 rings (SSSR count). The van der Waals surface area contributed by atoms with Crippen LogP contribution in [0.25, 0.3) is 22.9 Å². The van der Waals surface area contributed by atoms with Crippen LogP contribution >= 0.6 is 0 Å². The summed E-state index contributed by atoms with van der Waals surface area (Å²) in [5.41, 5.74) is 0.601. The Balaban J connectivity index is 2.02. The number of benzene rings is 2. The Morgan fingerprint density at radius 1 is 1.00 bits per heavy atom. The first-order valence-electron chi connectivity index (χ1n) is 6.62. The molecule has 0 unspecified atom stereocenters. The largest absolute Gasteiger partial charge is 0.496 e. The van der Waals surface area contributed by atoms with Gasteiger partial charge in [-0.3, -0.25) is 0 Å². The summed E-state index contributed by atoms with van der Waals surface area (Å²) in [5, 5.41) is 1.46. The topological polar surface area (TPSA) is 39.4 Å². The fraction of sp³-hybridized carbons (Fsp3) is 0.0556. The number of hydrogen-bond acceptors (Lipinski definition) is 3. The minimum Gasteiger partial charge on any atom is -0.496 e. The molecule has 0 saturated carbocycles. The molecule has 2 aromatic carbocycles. The van der Waals surface area contributed by atoms with Crippen LogP contribution in [0.4, 0.5) is 0 Å². The van der Waals surface area contributed by atoms with E-state index < -0.39 is 0 Å². The molecule has 0 N–H and O–H groups in total. The third kappa shape index (κ3) is 2.72. The van der Waals surface area contributed by atoms with Gasteiger partial charge in [-0.25, -0.2) is 4.79 Å². The third-order valence-electron chi connectivity index (χ3n) is 3.26. The van der Waals surface area contributed by atoms with E-state index in [1.165, 1.54) is 0 Å². The highest BCUT2D eigenvalue weighted by Gasteiger charge is 2.02.